The van der Waals surface area contributed by atoms with Gasteiger partial charge in [0.15, 0.2) is 0 Å². The molecule has 78 valence electrons. The minimum Gasteiger partial charge on any atom is -0.155 e. The molecule has 0 amide bonds. The Hall–Kier alpha value is 0.0900. The van der Waals surface area contributed by atoms with E-state index in [1.165, 1.54) is 12.2 Å². The molecule has 1 atom stereocenters. The second-order valence-electron chi connectivity index (χ2n) is 5.06. The number of hydrogen-bond donors (Lipinski definition) is 0. The first-order valence-electron chi connectivity index (χ1n) is 5.08. The lowest BCUT2D eigenvalue weighted by molar-refractivity contribution is 0.365. The minimum atomic E-state index is 0.387. The highest BCUT2D eigenvalue weighted by Gasteiger charge is 2.23. The van der Waals surface area contributed by atoms with Gasteiger partial charge in [0.1, 0.15) is 0 Å². The van der Waals surface area contributed by atoms with Crippen LogP contribution in [0, 0.1) is 5.41 Å². The minimum absolute atomic E-state index is 0.387. The largest absolute Gasteiger partial charge is 0.155 e. The number of rotatable bonds is 5. The van der Waals surface area contributed by atoms with E-state index in [1.54, 1.807) is 0 Å². The molecule has 0 N–H and O–H groups in total. The first-order chi connectivity index (χ1) is 5.83. The van der Waals surface area contributed by atoms with Crippen LogP contribution >= 0.6 is 11.8 Å². The third-order valence-electron chi connectivity index (χ3n) is 2.34. The summed E-state index contributed by atoms with van der Waals surface area (Å²) in [5.74, 6) is 1.24. The molecule has 0 heterocycles. The zero-order valence-electron chi connectivity index (χ0n) is 9.81. The summed E-state index contributed by atoms with van der Waals surface area (Å²) >= 11 is 2.06. The van der Waals surface area contributed by atoms with Gasteiger partial charge in [0.2, 0.25) is 0 Å². The SMILES string of the molecule is C=CCC(C)(CC)CSC(C)(C)C. The molecule has 0 fully saturated rings. The highest BCUT2D eigenvalue weighted by molar-refractivity contribution is 8.00. The summed E-state index contributed by atoms with van der Waals surface area (Å²) in [4.78, 5) is 0. The zero-order chi connectivity index (χ0) is 10.5. The van der Waals surface area contributed by atoms with Gasteiger partial charge in [-0.1, -0.05) is 40.7 Å². The van der Waals surface area contributed by atoms with Crippen molar-refractivity contribution in [2.24, 2.45) is 5.41 Å². The predicted octanol–water partition coefficient (Wildman–Crippen LogP) is 4.51. The molecular formula is C12H24S. The molecule has 1 heteroatoms. The number of thioether (sulfide) groups is 1. The Labute approximate surface area is 88.2 Å². The summed E-state index contributed by atoms with van der Waals surface area (Å²) in [6.45, 7) is 15.3. The van der Waals surface area contributed by atoms with Gasteiger partial charge in [-0.05, 0) is 24.0 Å². The van der Waals surface area contributed by atoms with E-state index >= 15 is 0 Å². The summed E-state index contributed by atoms with van der Waals surface area (Å²) in [7, 11) is 0. The molecule has 1 unspecified atom stereocenters. The van der Waals surface area contributed by atoms with E-state index in [0.717, 1.165) is 6.42 Å². The zero-order valence-corrected chi connectivity index (χ0v) is 10.6. The Kier molecular flexibility index (Phi) is 5.13. The monoisotopic (exact) mass is 200 g/mol. The van der Waals surface area contributed by atoms with Crippen LogP contribution in [0.4, 0.5) is 0 Å². The van der Waals surface area contributed by atoms with Crippen LogP contribution in [0.5, 0.6) is 0 Å². The summed E-state index contributed by atoms with van der Waals surface area (Å²) in [5, 5.41) is 0. The normalized spacial score (nSPS) is 16.7. The highest BCUT2D eigenvalue weighted by atomic mass is 32.2. The molecule has 0 aliphatic heterocycles. The van der Waals surface area contributed by atoms with Crippen LogP contribution < -0.4 is 0 Å². The van der Waals surface area contributed by atoms with Crippen molar-refractivity contribution in [1.29, 1.82) is 0 Å². The Morgan fingerprint density at radius 2 is 1.77 bits per heavy atom. The molecular weight excluding hydrogens is 176 g/mol. The fourth-order valence-electron chi connectivity index (χ4n) is 1.04. The predicted molar refractivity (Wildman–Crippen MR) is 65.4 cm³/mol. The Morgan fingerprint density at radius 3 is 2.08 bits per heavy atom. The van der Waals surface area contributed by atoms with E-state index in [9.17, 15) is 0 Å². The molecule has 0 aromatic heterocycles. The van der Waals surface area contributed by atoms with Crippen molar-refractivity contribution in [3.63, 3.8) is 0 Å². The van der Waals surface area contributed by atoms with E-state index in [1.807, 2.05) is 6.08 Å². The maximum Gasteiger partial charge on any atom is 0.00753 e. The van der Waals surface area contributed by atoms with Crippen molar-refractivity contribution in [2.75, 3.05) is 5.75 Å². The lowest BCUT2D eigenvalue weighted by Crippen LogP contribution is -2.21. The van der Waals surface area contributed by atoms with Gasteiger partial charge < -0.3 is 0 Å². The van der Waals surface area contributed by atoms with Crippen LogP contribution in [0.3, 0.4) is 0 Å². The van der Waals surface area contributed by atoms with Crippen LogP contribution in [0.25, 0.3) is 0 Å². The Morgan fingerprint density at radius 1 is 1.23 bits per heavy atom. The maximum atomic E-state index is 3.83. The third-order valence-corrected chi connectivity index (χ3v) is 4.05. The molecule has 0 saturated carbocycles. The smallest absolute Gasteiger partial charge is 0.00753 e. The standard InChI is InChI=1S/C12H24S/c1-7-9-12(6,8-2)10-13-11(3,4)5/h7H,1,8-10H2,2-6H3. The van der Waals surface area contributed by atoms with E-state index in [2.05, 4.69) is 53.0 Å². The van der Waals surface area contributed by atoms with Crippen molar-refractivity contribution in [2.45, 2.75) is 52.2 Å². The van der Waals surface area contributed by atoms with Gasteiger partial charge in [-0.2, -0.15) is 11.8 Å². The van der Waals surface area contributed by atoms with Gasteiger partial charge in [0.25, 0.3) is 0 Å². The van der Waals surface area contributed by atoms with E-state index in [4.69, 9.17) is 0 Å². The summed E-state index contributed by atoms with van der Waals surface area (Å²) in [5.41, 5.74) is 0.444. The quantitative estimate of drug-likeness (QED) is 0.588. The van der Waals surface area contributed by atoms with Crippen molar-refractivity contribution < 1.29 is 0 Å². The molecule has 0 saturated heterocycles. The lowest BCUT2D eigenvalue weighted by Gasteiger charge is -2.30. The van der Waals surface area contributed by atoms with Crippen molar-refractivity contribution >= 4 is 11.8 Å². The second kappa shape index (κ2) is 5.09. The number of allylic oxidation sites excluding steroid dienone is 1. The molecule has 0 bridgehead atoms. The molecule has 0 rings (SSSR count). The topological polar surface area (TPSA) is 0 Å². The van der Waals surface area contributed by atoms with Crippen LogP contribution in [-0.2, 0) is 0 Å². The summed E-state index contributed by atoms with van der Waals surface area (Å²) in [6, 6.07) is 0. The fourth-order valence-corrected chi connectivity index (χ4v) is 2.15. The van der Waals surface area contributed by atoms with Crippen LogP contribution in [0.2, 0.25) is 0 Å². The Bertz CT molecular complexity index is 155. The molecule has 0 aromatic carbocycles. The number of hydrogen-bond acceptors (Lipinski definition) is 1. The average Bonchev–Trinajstić information content (AvgIpc) is 2.01. The van der Waals surface area contributed by atoms with Crippen LogP contribution in [-0.4, -0.2) is 10.5 Å². The van der Waals surface area contributed by atoms with Gasteiger partial charge in [0, 0.05) is 4.75 Å². The molecule has 13 heavy (non-hydrogen) atoms. The van der Waals surface area contributed by atoms with E-state index in [-0.39, 0.29) is 0 Å². The molecule has 0 radical (unpaired) electrons. The first-order valence-corrected chi connectivity index (χ1v) is 6.06. The highest BCUT2D eigenvalue weighted by Crippen LogP contribution is 2.35. The molecule has 0 aliphatic rings. The summed E-state index contributed by atoms with van der Waals surface area (Å²) < 4.78 is 0.387. The van der Waals surface area contributed by atoms with Crippen molar-refractivity contribution in [3.8, 4) is 0 Å². The van der Waals surface area contributed by atoms with Crippen LogP contribution in [0.1, 0.15) is 47.5 Å². The fraction of sp³-hybridized carbons (Fsp3) is 0.833. The van der Waals surface area contributed by atoms with E-state index in [0.29, 0.717) is 10.2 Å². The van der Waals surface area contributed by atoms with Crippen molar-refractivity contribution in [3.05, 3.63) is 12.7 Å². The molecule has 0 aromatic rings. The van der Waals surface area contributed by atoms with Crippen LogP contribution in [0.15, 0.2) is 12.7 Å². The molecule has 0 spiro atoms. The van der Waals surface area contributed by atoms with Gasteiger partial charge in [-0.15, -0.1) is 6.58 Å². The van der Waals surface area contributed by atoms with E-state index < -0.39 is 0 Å². The Balaban J connectivity index is 4.04. The first kappa shape index (κ1) is 13.1. The third kappa shape index (κ3) is 6.20. The van der Waals surface area contributed by atoms with Gasteiger partial charge in [-0.25, -0.2) is 0 Å². The summed E-state index contributed by atoms with van der Waals surface area (Å²) in [6.07, 6.45) is 4.42. The lowest BCUT2D eigenvalue weighted by atomic mass is 9.86. The molecule has 0 nitrogen and oxygen atoms in total. The van der Waals surface area contributed by atoms with Gasteiger partial charge >= 0.3 is 0 Å². The van der Waals surface area contributed by atoms with Gasteiger partial charge in [-0.3, -0.25) is 0 Å². The average molecular weight is 200 g/mol. The van der Waals surface area contributed by atoms with Crippen molar-refractivity contribution in [1.82, 2.24) is 0 Å². The second-order valence-corrected chi connectivity index (χ2v) is 6.86. The molecule has 0 aliphatic carbocycles. The van der Waals surface area contributed by atoms with Gasteiger partial charge in [0.05, 0.1) is 0 Å². The maximum absolute atomic E-state index is 3.83.